The van der Waals surface area contributed by atoms with Crippen LogP contribution >= 0.6 is 11.8 Å². The lowest BCUT2D eigenvalue weighted by atomic mass is 10.3. The van der Waals surface area contributed by atoms with Crippen LogP contribution < -0.4 is 5.32 Å². The summed E-state index contributed by atoms with van der Waals surface area (Å²) in [6.45, 7) is 1.92. The van der Waals surface area contributed by atoms with E-state index in [2.05, 4.69) is 15.3 Å². The fourth-order valence-corrected chi connectivity index (χ4v) is 3.21. The number of carbonyl (C=O) groups is 2. The molecular weight excluding hydrogens is 268 g/mol. The number of carboxylic acid groups (broad SMARTS) is 1. The van der Waals surface area contributed by atoms with Gasteiger partial charge in [-0.2, -0.15) is 0 Å². The van der Waals surface area contributed by atoms with Gasteiger partial charge in [-0.3, -0.25) is 10.2 Å². The molecule has 1 aliphatic rings. The summed E-state index contributed by atoms with van der Waals surface area (Å²) in [6.07, 6.45) is 3.71. The highest BCUT2D eigenvalue weighted by Crippen LogP contribution is 2.31. The van der Waals surface area contributed by atoms with E-state index in [1.807, 2.05) is 6.92 Å². The van der Waals surface area contributed by atoms with E-state index < -0.39 is 18.0 Å². The summed E-state index contributed by atoms with van der Waals surface area (Å²) in [6, 6.07) is 0.352. The maximum absolute atomic E-state index is 12.2. The second-order valence-electron chi connectivity index (χ2n) is 3.96. The van der Waals surface area contributed by atoms with Crippen LogP contribution in [0, 0.1) is 0 Å². The van der Waals surface area contributed by atoms with Crippen LogP contribution in [0.25, 0.3) is 0 Å². The summed E-state index contributed by atoms with van der Waals surface area (Å²) in [5.41, 5.74) is 0. The number of nitrogens with zero attached hydrogens (tertiary/aromatic N) is 3. The van der Waals surface area contributed by atoms with Crippen LogP contribution in [0.15, 0.2) is 18.5 Å². The molecule has 8 heteroatoms. The predicted molar refractivity (Wildman–Crippen MR) is 70.9 cm³/mol. The quantitative estimate of drug-likeness (QED) is 0.866. The minimum absolute atomic E-state index is 0.134. The monoisotopic (exact) mass is 282 g/mol. The molecule has 1 aliphatic heterocycles. The van der Waals surface area contributed by atoms with Gasteiger partial charge in [0.05, 0.1) is 5.37 Å². The third-order valence-corrected chi connectivity index (χ3v) is 4.20. The van der Waals surface area contributed by atoms with Gasteiger partial charge in [0, 0.05) is 18.1 Å². The molecule has 7 nitrogen and oxygen atoms in total. The Morgan fingerprint density at radius 3 is 2.79 bits per heavy atom. The van der Waals surface area contributed by atoms with Gasteiger partial charge >= 0.3 is 12.0 Å². The molecule has 19 heavy (non-hydrogen) atoms. The van der Waals surface area contributed by atoms with E-state index >= 15 is 0 Å². The summed E-state index contributed by atoms with van der Waals surface area (Å²) >= 11 is 1.47. The first-order valence-corrected chi connectivity index (χ1v) is 6.89. The van der Waals surface area contributed by atoms with Crippen molar-refractivity contribution in [2.45, 2.75) is 24.8 Å². The van der Waals surface area contributed by atoms with Crippen molar-refractivity contribution in [3.05, 3.63) is 18.5 Å². The summed E-state index contributed by atoms with van der Waals surface area (Å²) in [5.74, 6) is -0.423. The zero-order valence-electron chi connectivity index (χ0n) is 10.3. The molecule has 0 saturated carbocycles. The number of urea groups is 1. The Labute approximate surface area is 114 Å². The van der Waals surface area contributed by atoms with Gasteiger partial charge in [0.2, 0.25) is 5.95 Å². The molecule has 1 fully saturated rings. The highest BCUT2D eigenvalue weighted by atomic mass is 32.2. The van der Waals surface area contributed by atoms with Crippen LogP contribution in [0.5, 0.6) is 0 Å². The fourth-order valence-electron chi connectivity index (χ4n) is 1.86. The van der Waals surface area contributed by atoms with Crippen molar-refractivity contribution in [1.29, 1.82) is 0 Å². The number of amides is 2. The molecule has 0 radical (unpaired) electrons. The zero-order valence-corrected chi connectivity index (χ0v) is 11.1. The minimum Gasteiger partial charge on any atom is -0.480 e. The molecule has 2 N–H and O–H groups in total. The van der Waals surface area contributed by atoms with Crippen molar-refractivity contribution in [2.75, 3.05) is 11.1 Å². The number of carbonyl (C=O) groups excluding carboxylic acids is 1. The minimum atomic E-state index is -0.993. The second-order valence-corrected chi connectivity index (χ2v) is 5.17. The summed E-state index contributed by atoms with van der Waals surface area (Å²) < 4.78 is 0. The smallest absolute Gasteiger partial charge is 0.327 e. The highest BCUT2D eigenvalue weighted by molar-refractivity contribution is 8.00. The number of aliphatic carboxylic acids is 1. The molecule has 2 amide bonds. The van der Waals surface area contributed by atoms with E-state index in [0.717, 1.165) is 0 Å². The summed E-state index contributed by atoms with van der Waals surface area (Å²) in [5, 5.41) is 11.5. The van der Waals surface area contributed by atoms with Crippen molar-refractivity contribution in [2.24, 2.45) is 0 Å². The lowest BCUT2D eigenvalue weighted by molar-refractivity contribution is -0.141. The average molecular weight is 282 g/mol. The van der Waals surface area contributed by atoms with Gasteiger partial charge in [0.25, 0.3) is 0 Å². The lowest BCUT2D eigenvalue weighted by Gasteiger charge is -2.26. The molecule has 2 unspecified atom stereocenters. The Morgan fingerprint density at radius 2 is 2.21 bits per heavy atom. The largest absolute Gasteiger partial charge is 0.480 e. The molecule has 102 valence electrons. The van der Waals surface area contributed by atoms with Gasteiger partial charge in [-0.05, 0) is 12.5 Å². The number of hydrogen-bond acceptors (Lipinski definition) is 5. The van der Waals surface area contributed by atoms with E-state index in [9.17, 15) is 9.59 Å². The molecule has 1 saturated heterocycles. The zero-order chi connectivity index (χ0) is 13.8. The molecule has 2 heterocycles. The summed E-state index contributed by atoms with van der Waals surface area (Å²) in [7, 11) is 0. The normalized spacial score (nSPS) is 22.3. The van der Waals surface area contributed by atoms with Crippen molar-refractivity contribution in [3.8, 4) is 0 Å². The molecule has 0 aromatic carbocycles. The number of carboxylic acids is 1. The van der Waals surface area contributed by atoms with E-state index in [4.69, 9.17) is 5.11 Å². The predicted octanol–water partition coefficient (Wildman–Crippen LogP) is 1.25. The Hall–Kier alpha value is -1.83. The molecule has 2 atom stereocenters. The Kier molecular flexibility index (Phi) is 4.20. The van der Waals surface area contributed by atoms with E-state index in [1.165, 1.54) is 29.1 Å². The second kappa shape index (κ2) is 5.87. The summed E-state index contributed by atoms with van der Waals surface area (Å²) in [4.78, 5) is 32.4. The van der Waals surface area contributed by atoms with E-state index in [1.54, 1.807) is 6.07 Å². The standard InChI is InChI=1S/C11H14N4O3S/c1-2-8-15(7(6-19-8)9(16)17)11(18)14-10-12-4-3-5-13-10/h3-5,7-8H,2,6H2,1H3,(H,16,17)(H,12,13,14,18). The molecule has 1 aromatic heterocycles. The van der Waals surface area contributed by atoms with Crippen LogP contribution in [0.1, 0.15) is 13.3 Å². The average Bonchev–Trinajstić information content (AvgIpc) is 2.83. The third kappa shape index (κ3) is 2.95. The van der Waals surface area contributed by atoms with Crippen LogP contribution in [-0.4, -0.2) is 49.1 Å². The van der Waals surface area contributed by atoms with Gasteiger partial charge in [0.15, 0.2) is 0 Å². The Bertz CT molecular complexity index is 470. The molecule has 0 bridgehead atoms. The van der Waals surface area contributed by atoms with Crippen molar-refractivity contribution < 1.29 is 14.7 Å². The maximum atomic E-state index is 12.2. The van der Waals surface area contributed by atoms with Gasteiger partial charge in [-0.1, -0.05) is 6.92 Å². The van der Waals surface area contributed by atoms with Crippen LogP contribution in [0.2, 0.25) is 0 Å². The van der Waals surface area contributed by atoms with Gasteiger partial charge in [-0.15, -0.1) is 11.8 Å². The Morgan fingerprint density at radius 1 is 1.53 bits per heavy atom. The Balaban J connectivity index is 2.13. The lowest BCUT2D eigenvalue weighted by Crippen LogP contribution is -2.47. The number of aromatic nitrogens is 2. The van der Waals surface area contributed by atoms with Crippen LogP contribution in [0.3, 0.4) is 0 Å². The highest BCUT2D eigenvalue weighted by Gasteiger charge is 2.41. The number of anilines is 1. The van der Waals surface area contributed by atoms with Gasteiger partial charge < -0.3 is 5.11 Å². The molecular formula is C11H14N4O3S. The molecule has 2 rings (SSSR count). The van der Waals surface area contributed by atoms with Gasteiger partial charge in [0.1, 0.15) is 6.04 Å². The first kappa shape index (κ1) is 13.6. The number of hydrogen-bond donors (Lipinski definition) is 2. The SMILES string of the molecule is CCC1SCC(C(=O)O)N1C(=O)Nc1ncccn1. The molecule has 1 aromatic rings. The van der Waals surface area contributed by atoms with Crippen LogP contribution in [-0.2, 0) is 4.79 Å². The van der Waals surface area contributed by atoms with Crippen molar-refractivity contribution >= 4 is 29.7 Å². The number of rotatable bonds is 3. The molecule has 0 aliphatic carbocycles. The number of nitrogens with one attached hydrogen (secondary N) is 1. The van der Waals surface area contributed by atoms with E-state index in [-0.39, 0.29) is 11.3 Å². The van der Waals surface area contributed by atoms with Crippen molar-refractivity contribution in [3.63, 3.8) is 0 Å². The van der Waals surface area contributed by atoms with E-state index in [0.29, 0.717) is 12.2 Å². The van der Waals surface area contributed by atoms with Gasteiger partial charge in [-0.25, -0.2) is 19.6 Å². The molecule has 0 spiro atoms. The van der Waals surface area contributed by atoms with Crippen molar-refractivity contribution in [1.82, 2.24) is 14.9 Å². The third-order valence-electron chi connectivity index (χ3n) is 2.75. The first-order chi connectivity index (χ1) is 9.13. The first-order valence-electron chi connectivity index (χ1n) is 5.84. The number of thioether (sulfide) groups is 1. The fraction of sp³-hybridized carbons (Fsp3) is 0.455. The maximum Gasteiger partial charge on any atom is 0.327 e. The van der Waals surface area contributed by atoms with Crippen LogP contribution in [0.4, 0.5) is 10.7 Å². The topological polar surface area (TPSA) is 95.4 Å².